The van der Waals surface area contributed by atoms with Crippen molar-refractivity contribution in [3.63, 3.8) is 0 Å². The van der Waals surface area contributed by atoms with Crippen LogP contribution in [0.25, 0.3) is 21.7 Å². The van der Waals surface area contributed by atoms with Crippen molar-refractivity contribution in [1.29, 1.82) is 0 Å². The Morgan fingerprint density at radius 3 is 2.79 bits per heavy atom. The van der Waals surface area contributed by atoms with E-state index in [4.69, 9.17) is 12.2 Å². The summed E-state index contributed by atoms with van der Waals surface area (Å²) in [6.07, 6.45) is 0.689. The fourth-order valence-electron chi connectivity index (χ4n) is 4.09. The largest absolute Gasteiger partial charge is 0.493 e. The number of hydrogen-bond acceptors (Lipinski definition) is 2. The predicted octanol–water partition coefficient (Wildman–Crippen LogP) is 4.41. The minimum Gasteiger partial charge on any atom is -0.493 e. The topological polar surface area (TPSA) is 45.9 Å². The minimum absolute atomic E-state index is 0.0783. The number of rotatable bonds is 0. The molecule has 0 amide bonds. The number of H-pyrrole nitrogens is 1. The lowest BCUT2D eigenvalue weighted by atomic mass is 9.97. The first-order chi connectivity index (χ1) is 11.6. The Morgan fingerprint density at radius 2 is 1.96 bits per heavy atom. The summed E-state index contributed by atoms with van der Waals surface area (Å²) in [6, 6.07) is 12.9. The molecule has 0 saturated heterocycles. The van der Waals surface area contributed by atoms with E-state index in [1.165, 1.54) is 32.9 Å². The van der Waals surface area contributed by atoms with Crippen LogP contribution in [0.3, 0.4) is 0 Å². The summed E-state index contributed by atoms with van der Waals surface area (Å²) in [5, 5.41) is 14.1. The third-order valence-electron chi connectivity index (χ3n) is 5.35. The zero-order valence-electron chi connectivity index (χ0n) is 13.5. The first-order valence-electron chi connectivity index (χ1n) is 8.09. The van der Waals surface area contributed by atoms with Crippen LogP contribution in [-0.4, -0.2) is 19.2 Å². The van der Waals surface area contributed by atoms with Crippen molar-refractivity contribution in [1.82, 2.24) is 14.1 Å². The van der Waals surface area contributed by atoms with Gasteiger partial charge in [-0.25, -0.2) is 0 Å². The van der Waals surface area contributed by atoms with E-state index in [1.807, 2.05) is 7.05 Å². The fraction of sp³-hybridized carbons (Fsp3) is 0.211. The SMILES string of the molecule is C[C@H]1c2[nH]c3c(ccc4ccccc43)c2Cc2c(O)n(C)c(=S)n21. The molecule has 1 aliphatic heterocycles. The van der Waals surface area contributed by atoms with Gasteiger partial charge in [0.15, 0.2) is 4.77 Å². The van der Waals surface area contributed by atoms with Crippen molar-refractivity contribution in [3.8, 4) is 5.88 Å². The molecule has 5 heteroatoms. The number of nitrogens with zero attached hydrogens (tertiary/aromatic N) is 2. The van der Waals surface area contributed by atoms with Gasteiger partial charge in [0.25, 0.3) is 0 Å². The average Bonchev–Trinajstić information content (AvgIpc) is 3.08. The summed E-state index contributed by atoms with van der Waals surface area (Å²) in [5.41, 5.74) is 4.52. The Morgan fingerprint density at radius 1 is 1.17 bits per heavy atom. The highest BCUT2D eigenvalue weighted by atomic mass is 32.1. The first-order valence-corrected chi connectivity index (χ1v) is 8.50. The number of fused-ring (bicyclic) bond motifs is 6. The second kappa shape index (κ2) is 4.51. The molecule has 3 heterocycles. The summed E-state index contributed by atoms with van der Waals surface area (Å²) in [6.45, 7) is 2.13. The maximum absolute atomic E-state index is 10.5. The molecular weight excluding hydrogens is 318 g/mol. The first kappa shape index (κ1) is 13.9. The van der Waals surface area contributed by atoms with Crippen LogP contribution in [0, 0.1) is 4.77 Å². The van der Waals surface area contributed by atoms with Gasteiger partial charge in [-0.1, -0.05) is 36.4 Å². The maximum atomic E-state index is 10.5. The van der Waals surface area contributed by atoms with E-state index in [0.717, 1.165) is 5.69 Å². The molecule has 24 heavy (non-hydrogen) atoms. The van der Waals surface area contributed by atoms with Crippen molar-refractivity contribution >= 4 is 33.9 Å². The van der Waals surface area contributed by atoms with Crippen LogP contribution in [0.1, 0.15) is 29.9 Å². The summed E-state index contributed by atoms with van der Waals surface area (Å²) < 4.78 is 4.40. The zero-order valence-corrected chi connectivity index (χ0v) is 14.3. The molecule has 0 saturated carbocycles. The van der Waals surface area contributed by atoms with Crippen LogP contribution < -0.4 is 0 Å². The van der Waals surface area contributed by atoms with E-state index >= 15 is 0 Å². The van der Waals surface area contributed by atoms with Crippen LogP contribution >= 0.6 is 12.2 Å². The zero-order chi connectivity index (χ0) is 16.6. The average molecular weight is 335 g/mol. The summed E-state index contributed by atoms with van der Waals surface area (Å²) in [7, 11) is 1.82. The maximum Gasteiger partial charge on any atom is 0.213 e. The van der Waals surface area contributed by atoms with Gasteiger partial charge in [-0.05, 0) is 30.1 Å². The lowest BCUT2D eigenvalue weighted by Gasteiger charge is -2.22. The third-order valence-corrected chi connectivity index (χ3v) is 5.82. The Kier molecular flexibility index (Phi) is 2.61. The molecule has 0 unspecified atom stereocenters. The molecule has 1 atom stereocenters. The Hall–Kier alpha value is -2.53. The molecule has 0 fully saturated rings. The van der Waals surface area contributed by atoms with Crippen molar-refractivity contribution in [2.75, 3.05) is 0 Å². The van der Waals surface area contributed by atoms with Gasteiger partial charge < -0.3 is 14.7 Å². The normalized spacial score (nSPS) is 16.5. The van der Waals surface area contributed by atoms with E-state index in [2.05, 4.69) is 52.9 Å². The van der Waals surface area contributed by atoms with Crippen LogP contribution in [0.5, 0.6) is 5.88 Å². The van der Waals surface area contributed by atoms with Gasteiger partial charge in [0.05, 0.1) is 17.3 Å². The second-order valence-electron chi connectivity index (χ2n) is 6.56. The lowest BCUT2D eigenvalue weighted by Crippen LogP contribution is -2.18. The molecule has 2 aromatic heterocycles. The van der Waals surface area contributed by atoms with E-state index < -0.39 is 0 Å². The van der Waals surface area contributed by atoms with Crippen molar-refractivity contribution < 1.29 is 5.11 Å². The van der Waals surface area contributed by atoms with Crippen LogP contribution in [-0.2, 0) is 13.5 Å². The standard InChI is InChI=1S/C19H17N3OS/c1-10-16-14(9-15-18(23)21(2)19(24)22(10)15)13-8-7-11-5-3-4-6-12(11)17(13)20-16/h3-8,10,20,23H,9H2,1-2H3/t10-/m0/s1. The molecule has 1 aliphatic rings. The van der Waals surface area contributed by atoms with Gasteiger partial charge in [0.2, 0.25) is 5.88 Å². The summed E-state index contributed by atoms with van der Waals surface area (Å²) >= 11 is 5.52. The van der Waals surface area contributed by atoms with Crippen LogP contribution in [0.4, 0.5) is 0 Å². The molecule has 0 bridgehead atoms. The van der Waals surface area contributed by atoms with Crippen LogP contribution in [0.2, 0.25) is 0 Å². The minimum atomic E-state index is 0.0783. The number of imidazole rings is 1. The highest BCUT2D eigenvalue weighted by Gasteiger charge is 2.30. The van der Waals surface area contributed by atoms with E-state index in [0.29, 0.717) is 11.2 Å². The van der Waals surface area contributed by atoms with Crippen molar-refractivity contribution in [2.45, 2.75) is 19.4 Å². The summed E-state index contributed by atoms with van der Waals surface area (Å²) in [5.74, 6) is 0.271. The number of aromatic hydroxyl groups is 1. The molecule has 4 aromatic rings. The molecule has 2 aromatic carbocycles. The van der Waals surface area contributed by atoms with Gasteiger partial charge in [-0.15, -0.1) is 0 Å². The Labute approximate surface area is 144 Å². The molecule has 0 spiro atoms. The quantitative estimate of drug-likeness (QED) is 0.468. The van der Waals surface area contributed by atoms with Gasteiger partial charge in [0.1, 0.15) is 0 Å². The van der Waals surface area contributed by atoms with Gasteiger partial charge >= 0.3 is 0 Å². The predicted molar refractivity (Wildman–Crippen MR) is 98.3 cm³/mol. The molecule has 5 rings (SSSR count). The lowest BCUT2D eigenvalue weighted by molar-refractivity contribution is 0.423. The van der Waals surface area contributed by atoms with Gasteiger partial charge in [-0.2, -0.15) is 0 Å². The smallest absolute Gasteiger partial charge is 0.213 e. The molecule has 4 nitrogen and oxygen atoms in total. The van der Waals surface area contributed by atoms with Gasteiger partial charge in [-0.3, -0.25) is 4.57 Å². The van der Waals surface area contributed by atoms with E-state index in [1.54, 1.807) is 4.57 Å². The monoisotopic (exact) mass is 335 g/mol. The van der Waals surface area contributed by atoms with Crippen LogP contribution in [0.15, 0.2) is 36.4 Å². The molecule has 120 valence electrons. The summed E-state index contributed by atoms with van der Waals surface area (Å²) in [4.78, 5) is 3.65. The van der Waals surface area contributed by atoms with E-state index in [9.17, 15) is 5.11 Å². The number of hydrogen-bond donors (Lipinski definition) is 2. The third kappa shape index (κ3) is 1.55. The second-order valence-corrected chi connectivity index (χ2v) is 6.93. The van der Waals surface area contributed by atoms with Crippen molar-refractivity contribution in [2.24, 2.45) is 7.05 Å². The van der Waals surface area contributed by atoms with Gasteiger partial charge in [0, 0.05) is 29.9 Å². The highest BCUT2D eigenvalue weighted by molar-refractivity contribution is 7.71. The molecule has 0 radical (unpaired) electrons. The van der Waals surface area contributed by atoms with Crippen molar-refractivity contribution in [3.05, 3.63) is 58.1 Å². The number of aromatic amines is 1. The molecular formula is C19H17N3OS. The Balaban J connectivity index is 1.86. The van der Waals surface area contributed by atoms with E-state index in [-0.39, 0.29) is 11.9 Å². The Bertz CT molecular complexity index is 1190. The number of nitrogens with one attached hydrogen (secondary N) is 1. The fourth-order valence-corrected chi connectivity index (χ4v) is 4.44. The number of benzene rings is 2. The number of aromatic nitrogens is 3. The highest BCUT2D eigenvalue weighted by Crippen LogP contribution is 2.40. The molecule has 2 N–H and O–H groups in total. The molecule has 0 aliphatic carbocycles.